The van der Waals surface area contributed by atoms with Crippen LogP contribution in [0, 0.1) is 12.8 Å². The summed E-state index contributed by atoms with van der Waals surface area (Å²) in [4.78, 5) is 26.5. The molecule has 0 saturated carbocycles. The Morgan fingerprint density at radius 2 is 2.12 bits per heavy atom. The normalized spacial score (nSPS) is 17.6. The Balaban J connectivity index is 1.98. The summed E-state index contributed by atoms with van der Waals surface area (Å²) in [5.74, 6) is 0.675. The van der Waals surface area contributed by atoms with Crippen molar-refractivity contribution >= 4 is 17.5 Å². The summed E-state index contributed by atoms with van der Waals surface area (Å²) < 4.78 is 0. The minimum atomic E-state index is 0.0114. The third-order valence-corrected chi connectivity index (χ3v) is 4.52. The van der Waals surface area contributed by atoms with Crippen molar-refractivity contribution in [2.24, 2.45) is 5.92 Å². The molecule has 1 fully saturated rings. The molecule has 0 aromatic heterocycles. The summed E-state index contributed by atoms with van der Waals surface area (Å²) in [7, 11) is 1.88. The van der Waals surface area contributed by atoms with Gasteiger partial charge in [0.15, 0.2) is 0 Å². The number of anilines is 1. The van der Waals surface area contributed by atoms with Crippen LogP contribution in [0.3, 0.4) is 0 Å². The Kier molecular flexibility index (Phi) is 6.79. The number of hydrogen-bond acceptors (Lipinski definition) is 3. The van der Waals surface area contributed by atoms with Crippen LogP contribution in [0.2, 0.25) is 0 Å². The zero-order valence-corrected chi connectivity index (χ0v) is 15.0. The highest BCUT2D eigenvalue weighted by Crippen LogP contribution is 2.21. The predicted octanol–water partition coefficient (Wildman–Crippen LogP) is 2.81. The van der Waals surface area contributed by atoms with Gasteiger partial charge in [0.05, 0.1) is 0 Å². The lowest BCUT2D eigenvalue weighted by atomic mass is 9.99. The maximum atomic E-state index is 12.6. The van der Waals surface area contributed by atoms with Gasteiger partial charge in [-0.25, -0.2) is 0 Å². The van der Waals surface area contributed by atoms with Crippen LogP contribution >= 0.6 is 0 Å². The summed E-state index contributed by atoms with van der Waals surface area (Å²) in [6.45, 7) is 6.62. The van der Waals surface area contributed by atoms with E-state index in [0.717, 1.165) is 43.7 Å². The molecule has 1 unspecified atom stereocenters. The minimum Gasteiger partial charge on any atom is -0.338 e. The second-order valence-corrected chi connectivity index (χ2v) is 6.78. The maximum absolute atomic E-state index is 12.6. The number of nitrogens with one attached hydrogen (secondary N) is 2. The van der Waals surface area contributed by atoms with Crippen molar-refractivity contribution in [3.05, 3.63) is 29.3 Å². The molecule has 132 valence electrons. The molecule has 2 N–H and O–H groups in total. The summed E-state index contributed by atoms with van der Waals surface area (Å²) >= 11 is 0. The third-order valence-electron chi connectivity index (χ3n) is 4.52. The van der Waals surface area contributed by atoms with Gasteiger partial charge in [-0.2, -0.15) is 0 Å². The highest BCUT2D eigenvalue weighted by molar-refractivity contribution is 5.96. The standard InChI is InChI=1S/C19H29N3O2/c1-14-6-5-11-22(13-14)19(24)16-8-9-17(15(2)12-16)21-18(23)7-4-10-20-3/h8-9,12,14,20H,4-7,10-11,13H2,1-3H3,(H,21,23). The number of piperidine rings is 1. The van der Waals surface area contributed by atoms with Crippen molar-refractivity contribution < 1.29 is 9.59 Å². The van der Waals surface area contributed by atoms with Crippen molar-refractivity contribution in [3.8, 4) is 0 Å². The van der Waals surface area contributed by atoms with Crippen LogP contribution in [-0.2, 0) is 4.79 Å². The van der Waals surface area contributed by atoms with E-state index in [9.17, 15) is 9.59 Å². The molecule has 1 saturated heterocycles. The number of carbonyl (C=O) groups is 2. The Morgan fingerprint density at radius 1 is 1.33 bits per heavy atom. The van der Waals surface area contributed by atoms with E-state index in [2.05, 4.69) is 17.6 Å². The van der Waals surface area contributed by atoms with Gasteiger partial charge in [0.2, 0.25) is 5.91 Å². The summed E-state index contributed by atoms with van der Waals surface area (Å²) in [6.07, 6.45) is 3.58. The first-order valence-corrected chi connectivity index (χ1v) is 8.85. The molecule has 5 heteroatoms. The molecular formula is C19H29N3O2. The van der Waals surface area contributed by atoms with E-state index in [0.29, 0.717) is 17.9 Å². The molecule has 0 aliphatic carbocycles. The van der Waals surface area contributed by atoms with E-state index in [-0.39, 0.29) is 11.8 Å². The molecule has 2 amide bonds. The highest BCUT2D eigenvalue weighted by atomic mass is 16.2. The average molecular weight is 331 g/mol. The molecule has 24 heavy (non-hydrogen) atoms. The molecule has 2 rings (SSSR count). The molecule has 1 heterocycles. The lowest BCUT2D eigenvalue weighted by molar-refractivity contribution is -0.116. The fourth-order valence-electron chi connectivity index (χ4n) is 3.13. The van der Waals surface area contributed by atoms with E-state index in [4.69, 9.17) is 0 Å². The van der Waals surface area contributed by atoms with Crippen molar-refractivity contribution in [1.82, 2.24) is 10.2 Å². The number of carbonyl (C=O) groups excluding carboxylic acids is 2. The average Bonchev–Trinajstić information content (AvgIpc) is 2.56. The number of amides is 2. The molecule has 5 nitrogen and oxygen atoms in total. The molecule has 1 aromatic rings. The zero-order chi connectivity index (χ0) is 17.5. The van der Waals surface area contributed by atoms with Crippen molar-refractivity contribution in [1.29, 1.82) is 0 Å². The van der Waals surface area contributed by atoms with Gasteiger partial charge in [0.1, 0.15) is 0 Å². The van der Waals surface area contributed by atoms with Gasteiger partial charge in [0, 0.05) is 30.8 Å². The fourth-order valence-corrected chi connectivity index (χ4v) is 3.13. The molecule has 0 bridgehead atoms. The van der Waals surface area contributed by atoms with E-state index >= 15 is 0 Å². The van der Waals surface area contributed by atoms with Gasteiger partial charge in [-0.1, -0.05) is 6.92 Å². The van der Waals surface area contributed by atoms with E-state index < -0.39 is 0 Å². The van der Waals surface area contributed by atoms with Crippen LogP contribution in [0.15, 0.2) is 18.2 Å². The van der Waals surface area contributed by atoms with Crippen LogP contribution < -0.4 is 10.6 Å². The predicted molar refractivity (Wildman–Crippen MR) is 97.3 cm³/mol. The van der Waals surface area contributed by atoms with Crippen LogP contribution in [0.5, 0.6) is 0 Å². The largest absolute Gasteiger partial charge is 0.338 e. The first-order chi connectivity index (χ1) is 11.5. The smallest absolute Gasteiger partial charge is 0.253 e. The first-order valence-electron chi connectivity index (χ1n) is 8.85. The Labute approximate surface area is 144 Å². The van der Waals surface area contributed by atoms with Gasteiger partial charge >= 0.3 is 0 Å². The molecule has 0 radical (unpaired) electrons. The number of nitrogens with zero attached hydrogens (tertiary/aromatic N) is 1. The van der Waals surface area contributed by atoms with E-state index in [1.165, 1.54) is 6.42 Å². The van der Waals surface area contributed by atoms with E-state index in [1.54, 1.807) is 0 Å². The van der Waals surface area contributed by atoms with Crippen LogP contribution in [0.25, 0.3) is 0 Å². The Bertz CT molecular complexity index is 586. The SMILES string of the molecule is CNCCCC(=O)Nc1ccc(C(=O)N2CCCC(C)C2)cc1C. The first kappa shape index (κ1) is 18.5. The van der Waals surface area contributed by atoms with Gasteiger partial charge in [-0.3, -0.25) is 9.59 Å². The van der Waals surface area contributed by atoms with Crippen LogP contribution in [-0.4, -0.2) is 43.4 Å². The van der Waals surface area contributed by atoms with E-state index in [1.807, 2.05) is 37.1 Å². The Hall–Kier alpha value is -1.88. The molecule has 1 atom stereocenters. The molecular weight excluding hydrogens is 302 g/mol. The van der Waals surface area contributed by atoms with Gasteiger partial charge < -0.3 is 15.5 Å². The summed E-state index contributed by atoms with van der Waals surface area (Å²) in [6, 6.07) is 5.54. The van der Waals surface area contributed by atoms with Crippen molar-refractivity contribution in [3.63, 3.8) is 0 Å². The second kappa shape index (κ2) is 8.83. The molecule has 1 aromatic carbocycles. The molecule has 1 aliphatic heterocycles. The zero-order valence-electron chi connectivity index (χ0n) is 15.0. The quantitative estimate of drug-likeness (QED) is 0.788. The monoisotopic (exact) mass is 331 g/mol. The molecule has 1 aliphatic rings. The number of aryl methyl sites for hydroxylation is 1. The van der Waals surface area contributed by atoms with Gasteiger partial charge in [0.25, 0.3) is 5.91 Å². The lowest BCUT2D eigenvalue weighted by Gasteiger charge is -2.31. The van der Waals surface area contributed by atoms with Gasteiger partial charge in [-0.15, -0.1) is 0 Å². The van der Waals surface area contributed by atoms with Gasteiger partial charge in [-0.05, 0) is 69.5 Å². The van der Waals surface area contributed by atoms with Crippen molar-refractivity contribution in [2.75, 3.05) is 32.0 Å². The maximum Gasteiger partial charge on any atom is 0.253 e. The fraction of sp³-hybridized carbons (Fsp3) is 0.579. The Morgan fingerprint density at radius 3 is 2.79 bits per heavy atom. The number of rotatable bonds is 6. The molecule has 0 spiro atoms. The summed E-state index contributed by atoms with van der Waals surface area (Å²) in [5.41, 5.74) is 2.41. The summed E-state index contributed by atoms with van der Waals surface area (Å²) in [5, 5.41) is 5.96. The van der Waals surface area contributed by atoms with Crippen LogP contribution in [0.4, 0.5) is 5.69 Å². The second-order valence-electron chi connectivity index (χ2n) is 6.78. The topological polar surface area (TPSA) is 61.4 Å². The van der Waals surface area contributed by atoms with Crippen molar-refractivity contribution in [2.45, 2.75) is 39.5 Å². The number of likely N-dealkylation sites (tertiary alicyclic amines) is 1. The number of hydrogen-bond donors (Lipinski definition) is 2. The minimum absolute atomic E-state index is 0.0114. The lowest BCUT2D eigenvalue weighted by Crippen LogP contribution is -2.39. The van der Waals surface area contributed by atoms with Crippen LogP contribution in [0.1, 0.15) is 48.5 Å². The number of benzene rings is 1. The third kappa shape index (κ3) is 5.06. The highest BCUT2D eigenvalue weighted by Gasteiger charge is 2.22.